The van der Waals surface area contributed by atoms with Crippen LogP contribution in [-0.4, -0.2) is 24.9 Å². The zero-order valence-corrected chi connectivity index (χ0v) is 15.2. The second kappa shape index (κ2) is 9.23. The first kappa shape index (κ1) is 18.2. The molecular formula is C19H24N2O2S. The maximum Gasteiger partial charge on any atom is 0.306 e. The molecule has 0 aliphatic carbocycles. The SMILES string of the molecule is COC(=O)CCSc1cc(Nc2ccccc2)ccc1NC(C)C. The van der Waals surface area contributed by atoms with E-state index >= 15 is 0 Å². The van der Waals surface area contributed by atoms with Gasteiger partial charge in [-0.15, -0.1) is 11.8 Å². The number of ether oxygens (including phenoxy) is 1. The van der Waals surface area contributed by atoms with Gasteiger partial charge in [-0.2, -0.15) is 0 Å². The van der Waals surface area contributed by atoms with E-state index in [1.165, 1.54) is 7.11 Å². The van der Waals surface area contributed by atoms with E-state index in [1.54, 1.807) is 11.8 Å². The molecule has 5 heteroatoms. The fourth-order valence-electron chi connectivity index (χ4n) is 2.18. The Hall–Kier alpha value is -2.14. The summed E-state index contributed by atoms with van der Waals surface area (Å²) in [5.41, 5.74) is 3.15. The molecule has 0 saturated heterocycles. The summed E-state index contributed by atoms with van der Waals surface area (Å²) in [6.07, 6.45) is 0.401. The average molecular weight is 344 g/mol. The van der Waals surface area contributed by atoms with Crippen LogP contribution in [0.1, 0.15) is 20.3 Å². The zero-order valence-electron chi connectivity index (χ0n) is 14.3. The van der Waals surface area contributed by atoms with Crippen LogP contribution in [0.4, 0.5) is 17.1 Å². The van der Waals surface area contributed by atoms with Crippen LogP contribution in [0, 0.1) is 0 Å². The summed E-state index contributed by atoms with van der Waals surface area (Å²) in [6.45, 7) is 4.22. The molecule has 2 aromatic rings. The normalized spacial score (nSPS) is 10.5. The molecule has 0 fully saturated rings. The Morgan fingerprint density at radius 3 is 2.54 bits per heavy atom. The summed E-state index contributed by atoms with van der Waals surface area (Å²) in [5, 5.41) is 6.85. The van der Waals surface area contributed by atoms with Crippen LogP contribution in [0.3, 0.4) is 0 Å². The second-order valence-electron chi connectivity index (χ2n) is 5.68. The molecule has 24 heavy (non-hydrogen) atoms. The van der Waals surface area contributed by atoms with E-state index in [0.717, 1.165) is 22.0 Å². The molecule has 2 aromatic carbocycles. The smallest absolute Gasteiger partial charge is 0.306 e. The largest absolute Gasteiger partial charge is 0.469 e. The van der Waals surface area contributed by atoms with E-state index in [9.17, 15) is 4.79 Å². The molecule has 0 bridgehead atoms. The summed E-state index contributed by atoms with van der Waals surface area (Å²) >= 11 is 1.65. The van der Waals surface area contributed by atoms with Gasteiger partial charge in [0.2, 0.25) is 0 Å². The second-order valence-corrected chi connectivity index (χ2v) is 6.81. The summed E-state index contributed by atoms with van der Waals surface area (Å²) in [6, 6.07) is 16.7. The molecular weight excluding hydrogens is 320 g/mol. The third-order valence-corrected chi connectivity index (χ3v) is 4.34. The van der Waals surface area contributed by atoms with Crippen LogP contribution >= 0.6 is 11.8 Å². The summed E-state index contributed by atoms with van der Waals surface area (Å²) in [4.78, 5) is 12.4. The highest BCUT2D eigenvalue weighted by molar-refractivity contribution is 7.99. The molecule has 0 unspecified atom stereocenters. The molecule has 2 rings (SSSR count). The maximum atomic E-state index is 11.3. The van der Waals surface area contributed by atoms with Crippen LogP contribution in [-0.2, 0) is 9.53 Å². The Balaban J connectivity index is 2.13. The van der Waals surface area contributed by atoms with E-state index in [0.29, 0.717) is 18.2 Å². The van der Waals surface area contributed by atoms with Crippen LogP contribution in [0.2, 0.25) is 0 Å². The van der Waals surface area contributed by atoms with E-state index in [4.69, 9.17) is 4.74 Å². The predicted octanol–water partition coefficient (Wildman–Crippen LogP) is 4.91. The highest BCUT2D eigenvalue weighted by Crippen LogP contribution is 2.32. The number of benzene rings is 2. The van der Waals surface area contributed by atoms with Crippen molar-refractivity contribution in [2.75, 3.05) is 23.5 Å². The van der Waals surface area contributed by atoms with Gasteiger partial charge >= 0.3 is 5.97 Å². The fraction of sp³-hybridized carbons (Fsp3) is 0.316. The van der Waals surface area contributed by atoms with E-state index < -0.39 is 0 Å². The molecule has 0 spiro atoms. The number of nitrogens with one attached hydrogen (secondary N) is 2. The van der Waals surface area contributed by atoms with Gasteiger partial charge in [-0.1, -0.05) is 18.2 Å². The van der Waals surface area contributed by atoms with Gasteiger partial charge in [0.25, 0.3) is 0 Å². The molecule has 4 nitrogen and oxygen atoms in total. The van der Waals surface area contributed by atoms with Gasteiger partial charge in [0.05, 0.1) is 13.5 Å². The minimum Gasteiger partial charge on any atom is -0.469 e. The molecule has 0 aromatic heterocycles. The quantitative estimate of drug-likeness (QED) is 0.526. The monoisotopic (exact) mass is 344 g/mol. The van der Waals surface area contributed by atoms with Crippen molar-refractivity contribution in [3.63, 3.8) is 0 Å². The minimum atomic E-state index is -0.181. The lowest BCUT2D eigenvalue weighted by atomic mass is 10.2. The molecule has 0 aliphatic rings. The molecule has 0 radical (unpaired) electrons. The number of thioether (sulfide) groups is 1. The predicted molar refractivity (Wildman–Crippen MR) is 102 cm³/mol. The Morgan fingerprint density at radius 1 is 1.12 bits per heavy atom. The molecule has 0 saturated carbocycles. The van der Waals surface area contributed by atoms with Gasteiger partial charge in [-0.3, -0.25) is 4.79 Å². The van der Waals surface area contributed by atoms with E-state index in [1.807, 2.05) is 30.3 Å². The van der Waals surface area contributed by atoms with Crippen molar-refractivity contribution in [2.45, 2.75) is 31.2 Å². The van der Waals surface area contributed by atoms with Gasteiger partial charge in [0, 0.05) is 33.8 Å². The van der Waals surface area contributed by atoms with Gasteiger partial charge in [-0.25, -0.2) is 0 Å². The molecule has 0 atom stereocenters. The number of hydrogen-bond donors (Lipinski definition) is 2. The molecule has 0 aliphatic heterocycles. The highest BCUT2D eigenvalue weighted by atomic mass is 32.2. The summed E-state index contributed by atoms with van der Waals surface area (Å²) in [7, 11) is 1.42. The number of anilines is 3. The number of carbonyl (C=O) groups is 1. The third-order valence-electron chi connectivity index (χ3n) is 3.28. The van der Waals surface area contributed by atoms with Crippen molar-refractivity contribution in [2.24, 2.45) is 0 Å². The first-order chi connectivity index (χ1) is 11.6. The molecule has 0 amide bonds. The lowest BCUT2D eigenvalue weighted by Gasteiger charge is -2.16. The van der Waals surface area contributed by atoms with Crippen LogP contribution in [0.15, 0.2) is 53.4 Å². The maximum absolute atomic E-state index is 11.3. The number of carbonyl (C=O) groups excluding carboxylic acids is 1. The zero-order chi connectivity index (χ0) is 17.4. The topological polar surface area (TPSA) is 50.4 Å². The molecule has 2 N–H and O–H groups in total. The number of para-hydroxylation sites is 1. The Bertz CT molecular complexity index is 660. The standard InChI is InChI=1S/C19H24N2O2S/c1-14(2)20-17-10-9-16(21-15-7-5-4-6-8-15)13-18(17)24-12-11-19(22)23-3/h4-10,13-14,20-21H,11-12H2,1-3H3. The highest BCUT2D eigenvalue weighted by Gasteiger charge is 2.08. The van der Waals surface area contributed by atoms with Crippen LogP contribution < -0.4 is 10.6 Å². The molecule has 128 valence electrons. The van der Waals surface area contributed by atoms with E-state index in [-0.39, 0.29) is 5.97 Å². The number of esters is 1. The lowest BCUT2D eigenvalue weighted by molar-refractivity contribution is -0.140. The van der Waals surface area contributed by atoms with Crippen molar-refractivity contribution < 1.29 is 9.53 Å². The van der Waals surface area contributed by atoms with Gasteiger partial charge in [0.15, 0.2) is 0 Å². The first-order valence-corrected chi connectivity index (χ1v) is 8.99. The number of rotatable bonds is 8. The first-order valence-electron chi connectivity index (χ1n) is 8.00. The minimum absolute atomic E-state index is 0.181. The molecule has 0 heterocycles. The Labute approximate surface area is 148 Å². The van der Waals surface area contributed by atoms with Crippen molar-refractivity contribution >= 4 is 34.8 Å². The lowest BCUT2D eigenvalue weighted by Crippen LogP contribution is -2.10. The fourth-order valence-corrected chi connectivity index (χ4v) is 3.17. The van der Waals surface area contributed by atoms with Gasteiger partial charge < -0.3 is 15.4 Å². The van der Waals surface area contributed by atoms with Crippen molar-refractivity contribution in [3.05, 3.63) is 48.5 Å². The number of hydrogen-bond acceptors (Lipinski definition) is 5. The van der Waals surface area contributed by atoms with Crippen molar-refractivity contribution in [1.82, 2.24) is 0 Å². The summed E-state index contributed by atoms with van der Waals surface area (Å²) in [5.74, 6) is 0.508. The van der Waals surface area contributed by atoms with Crippen molar-refractivity contribution in [3.8, 4) is 0 Å². The van der Waals surface area contributed by atoms with Crippen LogP contribution in [0.5, 0.6) is 0 Å². The summed E-state index contributed by atoms with van der Waals surface area (Å²) < 4.78 is 4.71. The third kappa shape index (κ3) is 5.81. The van der Waals surface area contributed by atoms with Crippen molar-refractivity contribution in [1.29, 1.82) is 0 Å². The van der Waals surface area contributed by atoms with Crippen LogP contribution in [0.25, 0.3) is 0 Å². The Kier molecular flexibility index (Phi) is 7.00. The number of methoxy groups -OCH3 is 1. The van der Waals surface area contributed by atoms with E-state index in [2.05, 4.69) is 42.7 Å². The van der Waals surface area contributed by atoms with Gasteiger partial charge in [0.1, 0.15) is 0 Å². The van der Waals surface area contributed by atoms with Gasteiger partial charge in [-0.05, 0) is 44.2 Å². The average Bonchev–Trinajstić information content (AvgIpc) is 2.57. The Morgan fingerprint density at radius 2 is 1.88 bits per heavy atom.